The normalized spacial score (nSPS) is 27.4. The molecule has 6 heteroatoms. The molecule has 0 amide bonds. The maximum Gasteiger partial charge on any atom is 0.401 e. The van der Waals surface area contributed by atoms with Crippen molar-refractivity contribution in [1.29, 1.82) is 0 Å². The van der Waals surface area contributed by atoms with Crippen molar-refractivity contribution < 1.29 is 13.2 Å². The number of halogens is 3. The maximum absolute atomic E-state index is 12.4. The van der Waals surface area contributed by atoms with Crippen LogP contribution in [-0.2, 0) is 0 Å². The fraction of sp³-hybridized carbons (Fsp3) is 1.00. The molecule has 0 bridgehead atoms. The van der Waals surface area contributed by atoms with E-state index in [1.165, 1.54) is 0 Å². The Morgan fingerprint density at radius 1 is 1.31 bits per heavy atom. The average molecular weight is 254 g/mol. The van der Waals surface area contributed by atoms with Crippen LogP contribution in [0.5, 0.6) is 0 Å². The number of thioether (sulfide) groups is 1. The van der Waals surface area contributed by atoms with Gasteiger partial charge >= 0.3 is 6.18 Å². The van der Waals surface area contributed by atoms with Crippen molar-refractivity contribution in [2.24, 2.45) is 0 Å². The minimum atomic E-state index is -4.07. The van der Waals surface area contributed by atoms with Crippen molar-refractivity contribution in [2.75, 3.05) is 31.1 Å². The fourth-order valence-electron chi connectivity index (χ4n) is 2.03. The molecule has 2 rings (SSSR count). The Hall–Kier alpha value is 0.0600. The summed E-state index contributed by atoms with van der Waals surface area (Å²) in [6.07, 6.45) is -2.21. The van der Waals surface area contributed by atoms with E-state index in [0.29, 0.717) is 6.54 Å². The van der Waals surface area contributed by atoms with Gasteiger partial charge in [0.2, 0.25) is 0 Å². The molecule has 1 aliphatic carbocycles. The van der Waals surface area contributed by atoms with Crippen LogP contribution in [0.15, 0.2) is 0 Å². The summed E-state index contributed by atoms with van der Waals surface area (Å²) in [4.78, 5) is 1.60. The van der Waals surface area contributed by atoms with E-state index < -0.39 is 12.7 Å². The molecule has 1 aliphatic heterocycles. The molecule has 1 N–H and O–H groups in total. The highest BCUT2D eigenvalue weighted by molar-refractivity contribution is 7.99. The molecule has 0 radical (unpaired) electrons. The minimum Gasteiger partial charge on any atom is -0.311 e. The third kappa shape index (κ3) is 4.14. The Balaban J connectivity index is 1.82. The van der Waals surface area contributed by atoms with Crippen molar-refractivity contribution in [3.63, 3.8) is 0 Å². The molecule has 0 aromatic heterocycles. The molecule has 1 saturated heterocycles. The van der Waals surface area contributed by atoms with Gasteiger partial charge in [-0.1, -0.05) is 0 Å². The number of hydrogen-bond donors (Lipinski definition) is 1. The molecular formula is C10H17F3N2S. The Labute approximate surface area is 97.9 Å². The summed E-state index contributed by atoms with van der Waals surface area (Å²) in [5, 5.41) is 3.29. The van der Waals surface area contributed by atoms with Crippen molar-refractivity contribution in [3.8, 4) is 0 Å². The smallest absolute Gasteiger partial charge is 0.311 e. The third-order valence-electron chi connectivity index (χ3n) is 2.90. The molecule has 2 fully saturated rings. The van der Waals surface area contributed by atoms with E-state index >= 15 is 0 Å². The van der Waals surface area contributed by atoms with Crippen LogP contribution in [0.25, 0.3) is 0 Å². The van der Waals surface area contributed by atoms with Gasteiger partial charge in [-0.2, -0.15) is 24.9 Å². The van der Waals surface area contributed by atoms with Crippen LogP contribution in [-0.4, -0.2) is 54.3 Å². The number of rotatable bonds is 4. The summed E-state index contributed by atoms with van der Waals surface area (Å²) in [6, 6.07) is 0.400. The Bertz CT molecular complexity index is 225. The van der Waals surface area contributed by atoms with Gasteiger partial charge < -0.3 is 5.32 Å². The van der Waals surface area contributed by atoms with Gasteiger partial charge in [0, 0.05) is 36.7 Å². The zero-order chi connectivity index (χ0) is 11.6. The van der Waals surface area contributed by atoms with Crippen molar-refractivity contribution in [2.45, 2.75) is 31.1 Å². The first kappa shape index (κ1) is 12.5. The highest BCUT2D eigenvalue weighted by Gasteiger charge is 2.38. The number of nitrogens with one attached hydrogen (secondary N) is 1. The first-order valence-electron chi connectivity index (χ1n) is 5.66. The van der Waals surface area contributed by atoms with Gasteiger partial charge in [-0.15, -0.1) is 0 Å². The lowest BCUT2D eigenvalue weighted by Crippen LogP contribution is -2.48. The second-order valence-corrected chi connectivity index (χ2v) is 5.65. The van der Waals surface area contributed by atoms with E-state index in [1.54, 1.807) is 4.90 Å². The molecular weight excluding hydrogens is 237 g/mol. The van der Waals surface area contributed by atoms with Crippen molar-refractivity contribution >= 4 is 11.8 Å². The molecule has 16 heavy (non-hydrogen) atoms. The highest BCUT2D eigenvalue weighted by atomic mass is 32.2. The second kappa shape index (κ2) is 5.14. The van der Waals surface area contributed by atoms with Crippen LogP contribution in [0, 0.1) is 0 Å². The topological polar surface area (TPSA) is 15.3 Å². The average Bonchev–Trinajstić information content (AvgIpc) is 2.99. The standard InChI is InChI=1S/C10H17F3N2S/c11-10(12,13)7-15(9-1-2-9)5-8-6-16-4-3-14-8/h8-9,14H,1-7H2. The summed E-state index contributed by atoms with van der Waals surface area (Å²) in [5.74, 6) is 2.00. The van der Waals surface area contributed by atoms with E-state index in [-0.39, 0.29) is 12.1 Å². The zero-order valence-electron chi connectivity index (χ0n) is 9.09. The summed E-state index contributed by atoms with van der Waals surface area (Å²) in [6.45, 7) is 0.706. The minimum absolute atomic E-state index is 0.176. The second-order valence-electron chi connectivity index (χ2n) is 4.50. The molecule has 2 nitrogen and oxygen atoms in total. The summed E-state index contributed by atoms with van der Waals surface area (Å²) < 4.78 is 37.1. The molecule has 0 spiro atoms. The molecule has 2 aliphatic rings. The lowest BCUT2D eigenvalue weighted by Gasteiger charge is -2.30. The summed E-state index contributed by atoms with van der Waals surface area (Å²) in [5.41, 5.74) is 0. The Kier molecular flexibility index (Phi) is 4.02. The molecule has 1 saturated carbocycles. The Morgan fingerprint density at radius 3 is 2.56 bits per heavy atom. The predicted molar refractivity (Wildman–Crippen MR) is 59.8 cm³/mol. The molecule has 0 aromatic rings. The molecule has 1 atom stereocenters. The predicted octanol–water partition coefficient (Wildman–Crippen LogP) is 1.72. The van der Waals surface area contributed by atoms with Gasteiger partial charge in [0.25, 0.3) is 0 Å². The Morgan fingerprint density at radius 2 is 2.06 bits per heavy atom. The van der Waals surface area contributed by atoms with Gasteiger partial charge in [0.1, 0.15) is 0 Å². The van der Waals surface area contributed by atoms with Gasteiger partial charge in [-0.25, -0.2) is 0 Å². The maximum atomic E-state index is 12.4. The monoisotopic (exact) mass is 254 g/mol. The van der Waals surface area contributed by atoms with E-state index in [9.17, 15) is 13.2 Å². The van der Waals surface area contributed by atoms with E-state index in [2.05, 4.69) is 5.32 Å². The number of alkyl halides is 3. The van der Waals surface area contributed by atoms with Crippen molar-refractivity contribution in [1.82, 2.24) is 10.2 Å². The van der Waals surface area contributed by atoms with Crippen LogP contribution in [0.2, 0.25) is 0 Å². The lowest BCUT2D eigenvalue weighted by molar-refractivity contribution is -0.147. The third-order valence-corrected chi connectivity index (χ3v) is 4.03. The fourth-order valence-corrected chi connectivity index (χ4v) is 2.97. The SMILES string of the molecule is FC(F)(F)CN(CC1CSCCN1)C1CC1. The number of hydrogen-bond acceptors (Lipinski definition) is 3. The van der Waals surface area contributed by atoms with Crippen molar-refractivity contribution in [3.05, 3.63) is 0 Å². The zero-order valence-corrected chi connectivity index (χ0v) is 9.91. The van der Waals surface area contributed by atoms with E-state index in [4.69, 9.17) is 0 Å². The molecule has 1 unspecified atom stereocenters. The van der Waals surface area contributed by atoms with Crippen LogP contribution in [0.3, 0.4) is 0 Å². The van der Waals surface area contributed by atoms with E-state index in [1.807, 2.05) is 11.8 Å². The van der Waals surface area contributed by atoms with Crippen LogP contribution in [0.1, 0.15) is 12.8 Å². The molecule has 94 valence electrons. The summed E-state index contributed by atoms with van der Waals surface area (Å²) in [7, 11) is 0. The van der Waals surface area contributed by atoms with Crippen LogP contribution < -0.4 is 5.32 Å². The van der Waals surface area contributed by atoms with Gasteiger partial charge in [-0.05, 0) is 12.8 Å². The quantitative estimate of drug-likeness (QED) is 0.822. The molecule has 1 heterocycles. The van der Waals surface area contributed by atoms with Gasteiger partial charge in [-0.3, -0.25) is 4.90 Å². The largest absolute Gasteiger partial charge is 0.401 e. The first-order valence-corrected chi connectivity index (χ1v) is 6.82. The number of nitrogens with zero attached hydrogens (tertiary/aromatic N) is 1. The first-order chi connectivity index (χ1) is 7.54. The van der Waals surface area contributed by atoms with Crippen LogP contribution in [0.4, 0.5) is 13.2 Å². The van der Waals surface area contributed by atoms with Gasteiger partial charge in [0.15, 0.2) is 0 Å². The van der Waals surface area contributed by atoms with Gasteiger partial charge in [0.05, 0.1) is 6.54 Å². The molecule has 0 aromatic carbocycles. The highest BCUT2D eigenvalue weighted by Crippen LogP contribution is 2.30. The lowest BCUT2D eigenvalue weighted by atomic mass is 10.3. The van der Waals surface area contributed by atoms with Crippen LogP contribution >= 0.6 is 11.8 Å². The van der Waals surface area contributed by atoms with E-state index in [0.717, 1.165) is 30.9 Å². The summed E-state index contributed by atoms with van der Waals surface area (Å²) >= 11 is 1.82.